The lowest BCUT2D eigenvalue weighted by molar-refractivity contribution is 0.368. The van der Waals surface area contributed by atoms with Gasteiger partial charge in [0.25, 0.3) is 0 Å². The van der Waals surface area contributed by atoms with Gasteiger partial charge in [0.15, 0.2) is 0 Å². The Morgan fingerprint density at radius 1 is 1.10 bits per heavy atom. The van der Waals surface area contributed by atoms with Gasteiger partial charge >= 0.3 is 0 Å². The number of nitrogens with zero attached hydrogens (tertiary/aromatic N) is 2. The smallest absolute Gasteiger partial charge is 0.0397 e. The Hall–Kier alpha value is -0.740. The van der Waals surface area contributed by atoms with E-state index >= 15 is 0 Å². The second kappa shape index (κ2) is 6.81. The molecule has 1 N–H and O–H groups in total. The summed E-state index contributed by atoms with van der Waals surface area (Å²) < 4.78 is 0. The number of hydrogen-bond acceptors (Lipinski definition) is 4. The number of thioether (sulfide) groups is 1. The molecule has 0 amide bonds. The van der Waals surface area contributed by atoms with Crippen LogP contribution in [0, 0.1) is 0 Å². The first-order chi connectivity index (χ1) is 9.85. The van der Waals surface area contributed by atoms with Gasteiger partial charge in [0, 0.05) is 48.5 Å². The van der Waals surface area contributed by atoms with Crippen LogP contribution in [0.15, 0.2) is 24.5 Å². The van der Waals surface area contributed by atoms with Crippen molar-refractivity contribution in [2.45, 2.75) is 49.4 Å². The summed E-state index contributed by atoms with van der Waals surface area (Å²) >= 11 is 2.04. The molecule has 1 aromatic heterocycles. The maximum atomic E-state index is 4.10. The van der Waals surface area contributed by atoms with Crippen LogP contribution >= 0.6 is 11.8 Å². The summed E-state index contributed by atoms with van der Waals surface area (Å²) in [5, 5.41) is 4.79. The first kappa shape index (κ1) is 14.2. The minimum Gasteiger partial charge on any atom is -0.371 e. The van der Waals surface area contributed by atoms with Crippen molar-refractivity contribution >= 4 is 17.4 Å². The molecule has 0 spiro atoms. The van der Waals surface area contributed by atoms with Gasteiger partial charge in [-0.25, -0.2) is 0 Å². The fraction of sp³-hybridized carbons (Fsp3) is 0.688. The van der Waals surface area contributed by atoms with Gasteiger partial charge < -0.3 is 10.2 Å². The number of anilines is 1. The quantitative estimate of drug-likeness (QED) is 0.923. The molecule has 2 unspecified atom stereocenters. The molecule has 0 aromatic carbocycles. The molecule has 0 radical (unpaired) electrons. The van der Waals surface area contributed by atoms with Crippen LogP contribution < -0.4 is 10.2 Å². The van der Waals surface area contributed by atoms with Crippen LogP contribution in [0.5, 0.6) is 0 Å². The lowest BCUT2D eigenvalue weighted by atomic mass is 10.0. The van der Waals surface area contributed by atoms with E-state index in [0.29, 0.717) is 0 Å². The summed E-state index contributed by atoms with van der Waals surface area (Å²) in [5.41, 5.74) is 1.32. The number of hydrogen-bond donors (Lipinski definition) is 1. The predicted molar refractivity (Wildman–Crippen MR) is 87.5 cm³/mol. The molecular formula is C16H25N3S. The molecule has 4 heteroatoms. The van der Waals surface area contributed by atoms with Crippen molar-refractivity contribution in [2.75, 3.05) is 24.2 Å². The average molecular weight is 291 g/mol. The van der Waals surface area contributed by atoms with Crippen molar-refractivity contribution in [3.63, 3.8) is 0 Å². The highest BCUT2D eigenvalue weighted by Crippen LogP contribution is 2.29. The highest BCUT2D eigenvalue weighted by Gasteiger charge is 2.27. The maximum Gasteiger partial charge on any atom is 0.0397 e. The van der Waals surface area contributed by atoms with Crippen molar-refractivity contribution in [2.24, 2.45) is 0 Å². The Labute approximate surface area is 126 Å². The minimum absolute atomic E-state index is 0.721. The molecule has 2 aliphatic rings. The van der Waals surface area contributed by atoms with E-state index in [4.69, 9.17) is 0 Å². The van der Waals surface area contributed by atoms with Crippen molar-refractivity contribution in [3.05, 3.63) is 24.5 Å². The molecule has 1 saturated carbocycles. The number of nitrogens with one attached hydrogen (secondary N) is 1. The Kier molecular flexibility index (Phi) is 4.84. The van der Waals surface area contributed by atoms with E-state index < -0.39 is 0 Å². The third-order valence-electron chi connectivity index (χ3n) is 4.71. The molecule has 1 aliphatic carbocycles. The third kappa shape index (κ3) is 3.47. The molecule has 3 nitrogen and oxygen atoms in total. The standard InChI is InChI=1S/C16H25N3S/c1-20-16-3-2-14(12-16)18-13-6-10-19(11-7-13)15-4-8-17-9-5-15/h4-5,8-9,13-14,16,18H,2-3,6-7,10-12H2,1H3. The molecule has 3 rings (SSSR count). The highest BCUT2D eigenvalue weighted by atomic mass is 32.2. The van der Waals surface area contributed by atoms with Gasteiger partial charge in [-0.3, -0.25) is 4.98 Å². The highest BCUT2D eigenvalue weighted by molar-refractivity contribution is 7.99. The topological polar surface area (TPSA) is 28.2 Å². The van der Waals surface area contributed by atoms with E-state index in [1.807, 2.05) is 24.2 Å². The van der Waals surface area contributed by atoms with Gasteiger partial charge in [0.05, 0.1) is 0 Å². The van der Waals surface area contributed by atoms with Crippen LogP contribution in [-0.2, 0) is 0 Å². The minimum atomic E-state index is 0.721. The number of rotatable bonds is 4. The summed E-state index contributed by atoms with van der Waals surface area (Å²) in [4.78, 5) is 6.58. The molecule has 1 aliphatic heterocycles. The van der Waals surface area contributed by atoms with Gasteiger partial charge in [-0.15, -0.1) is 0 Å². The van der Waals surface area contributed by atoms with Crippen molar-refractivity contribution in [3.8, 4) is 0 Å². The van der Waals surface area contributed by atoms with Crippen LogP contribution in [0.2, 0.25) is 0 Å². The van der Waals surface area contributed by atoms with Crippen molar-refractivity contribution in [1.29, 1.82) is 0 Å². The zero-order valence-corrected chi connectivity index (χ0v) is 13.1. The van der Waals surface area contributed by atoms with Crippen LogP contribution in [0.25, 0.3) is 0 Å². The van der Waals surface area contributed by atoms with Crippen LogP contribution in [0.1, 0.15) is 32.1 Å². The van der Waals surface area contributed by atoms with E-state index in [9.17, 15) is 0 Å². The van der Waals surface area contributed by atoms with E-state index in [1.54, 1.807) is 0 Å². The summed E-state index contributed by atoms with van der Waals surface area (Å²) in [7, 11) is 0. The fourth-order valence-electron chi connectivity index (χ4n) is 3.50. The molecule has 0 bridgehead atoms. The van der Waals surface area contributed by atoms with E-state index in [2.05, 4.69) is 33.6 Å². The van der Waals surface area contributed by atoms with Gasteiger partial charge in [0.1, 0.15) is 0 Å². The Morgan fingerprint density at radius 2 is 1.85 bits per heavy atom. The van der Waals surface area contributed by atoms with E-state index in [-0.39, 0.29) is 0 Å². The molecule has 2 fully saturated rings. The Morgan fingerprint density at radius 3 is 2.50 bits per heavy atom. The van der Waals surface area contributed by atoms with Gasteiger partial charge in [-0.2, -0.15) is 11.8 Å². The zero-order valence-electron chi connectivity index (χ0n) is 12.3. The summed E-state index contributed by atoms with van der Waals surface area (Å²) in [6, 6.07) is 5.73. The monoisotopic (exact) mass is 291 g/mol. The predicted octanol–water partition coefficient (Wildman–Crippen LogP) is 2.92. The SMILES string of the molecule is CSC1CCC(NC2CCN(c3ccncc3)CC2)C1. The molecule has 2 heterocycles. The second-order valence-electron chi connectivity index (χ2n) is 6.00. The maximum absolute atomic E-state index is 4.10. The van der Waals surface area contributed by atoms with Gasteiger partial charge in [-0.05, 0) is 50.5 Å². The average Bonchev–Trinajstić information content (AvgIpc) is 2.97. The second-order valence-corrected chi connectivity index (χ2v) is 7.14. The third-order valence-corrected chi connectivity index (χ3v) is 5.81. The molecule has 110 valence electrons. The molecule has 1 aromatic rings. The molecule has 20 heavy (non-hydrogen) atoms. The fourth-order valence-corrected chi connectivity index (χ4v) is 4.29. The lowest BCUT2D eigenvalue weighted by Crippen LogP contribution is -2.45. The van der Waals surface area contributed by atoms with Crippen molar-refractivity contribution in [1.82, 2.24) is 10.3 Å². The van der Waals surface area contributed by atoms with Crippen LogP contribution in [0.3, 0.4) is 0 Å². The lowest BCUT2D eigenvalue weighted by Gasteiger charge is -2.35. The van der Waals surface area contributed by atoms with Crippen LogP contribution in [-0.4, -0.2) is 41.7 Å². The summed E-state index contributed by atoms with van der Waals surface area (Å²) in [5.74, 6) is 0. The number of piperidine rings is 1. The van der Waals surface area contributed by atoms with E-state index in [1.165, 1.54) is 50.9 Å². The van der Waals surface area contributed by atoms with Gasteiger partial charge in [-0.1, -0.05) is 0 Å². The first-order valence-corrected chi connectivity index (χ1v) is 9.08. The number of aromatic nitrogens is 1. The van der Waals surface area contributed by atoms with Crippen molar-refractivity contribution < 1.29 is 0 Å². The first-order valence-electron chi connectivity index (χ1n) is 7.79. The van der Waals surface area contributed by atoms with Crippen LogP contribution in [0.4, 0.5) is 5.69 Å². The van der Waals surface area contributed by atoms with E-state index in [0.717, 1.165) is 17.3 Å². The Balaban J connectivity index is 1.45. The molecule has 1 saturated heterocycles. The molecule has 2 atom stereocenters. The Bertz CT molecular complexity index is 403. The zero-order chi connectivity index (χ0) is 13.8. The summed E-state index contributed by atoms with van der Waals surface area (Å²) in [6.07, 6.45) is 12.7. The largest absolute Gasteiger partial charge is 0.371 e. The molecular weight excluding hydrogens is 266 g/mol. The van der Waals surface area contributed by atoms with Gasteiger partial charge in [0.2, 0.25) is 0 Å². The normalized spacial score (nSPS) is 27.9. The number of pyridine rings is 1. The summed E-state index contributed by atoms with van der Waals surface area (Å²) in [6.45, 7) is 2.33.